The highest BCUT2D eigenvalue weighted by atomic mass is 13.9. The van der Waals surface area contributed by atoms with Crippen molar-refractivity contribution in [3.05, 3.63) is 23.3 Å². The van der Waals surface area contributed by atoms with Crippen molar-refractivity contribution in [2.24, 2.45) is 0 Å². The van der Waals surface area contributed by atoms with Crippen LogP contribution in [0, 0.1) is 6.08 Å². The maximum absolute atomic E-state index is 3.31. The number of allylic oxidation sites excluding steroid dienone is 4. The van der Waals surface area contributed by atoms with E-state index in [-0.39, 0.29) is 0 Å². The lowest BCUT2D eigenvalue weighted by Gasteiger charge is -1.93. The lowest BCUT2D eigenvalue weighted by Crippen LogP contribution is -1.75. The lowest BCUT2D eigenvalue weighted by molar-refractivity contribution is 1.08. The Balaban J connectivity index is 3.98. The van der Waals surface area contributed by atoms with Crippen LogP contribution in [0.2, 0.25) is 0 Å². The van der Waals surface area contributed by atoms with Crippen LogP contribution in [0.1, 0.15) is 40.5 Å². The summed E-state index contributed by atoms with van der Waals surface area (Å²) in [5.41, 5.74) is 2.60. The van der Waals surface area contributed by atoms with Crippen molar-refractivity contribution in [2.45, 2.75) is 40.5 Å². The molecule has 1 radical (unpaired) electrons. The van der Waals surface area contributed by atoms with Crippen LogP contribution in [0.25, 0.3) is 0 Å². The molecule has 0 heteroatoms. The molecule has 0 saturated carbocycles. The third-order valence-electron chi connectivity index (χ3n) is 1.45. The molecule has 0 aromatic heterocycles. The molecule has 0 atom stereocenters. The van der Waals surface area contributed by atoms with E-state index >= 15 is 0 Å². The molecule has 0 aliphatic heterocycles. The van der Waals surface area contributed by atoms with Crippen molar-refractivity contribution in [3.63, 3.8) is 0 Å². The van der Waals surface area contributed by atoms with Crippen LogP contribution < -0.4 is 0 Å². The van der Waals surface area contributed by atoms with Gasteiger partial charge in [-0.2, -0.15) is 0 Å². The monoisotopic (exact) mass is 137 g/mol. The summed E-state index contributed by atoms with van der Waals surface area (Å²) in [5.74, 6) is 0. The largest absolute Gasteiger partial charge is 0.0813 e. The van der Waals surface area contributed by atoms with Crippen LogP contribution >= 0.6 is 0 Å². The Hall–Kier alpha value is -0.520. The van der Waals surface area contributed by atoms with Crippen LogP contribution in [0.4, 0.5) is 0 Å². The van der Waals surface area contributed by atoms with Crippen molar-refractivity contribution in [2.75, 3.05) is 0 Å². The molecule has 0 rings (SSSR count). The Morgan fingerprint density at radius 2 is 1.90 bits per heavy atom. The summed E-state index contributed by atoms with van der Waals surface area (Å²) in [6.45, 7) is 8.52. The maximum atomic E-state index is 3.31. The van der Waals surface area contributed by atoms with E-state index in [4.69, 9.17) is 0 Å². The Kier molecular flexibility index (Phi) is 5.00. The zero-order valence-corrected chi connectivity index (χ0v) is 7.49. The van der Waals surface area contributed by atoms with Crippen molar-refractivity contribution in [3.8, 4) is 0 Å². The molecule has 0 heterocycles. The highest BCUT2D eigenvalue weighted by Gasteiger charge is 1.85. The van der Waals surface area contributed by atoms with Crippen molar-refractivity contribution in [1.29, 1.82) is 0 Å². The first kappa shape index (κ1) is 9.48. The molecule has 0 aromatic carbocycles. The molecule has 0 saturated heterocycles. The molecule has 0 fully saturated rings. The van der Waals surface area contributed by atoms with Crippen molar-refractivity contribution < 1.29 is 0 Å². The summed E-state index contributed by atoms with van der Waals surface area (Å²) >= 11 is 0. The smallest absolute Gasteiger partial charge is 0.0167 e. The van der Waals surface area contributed by atoms with Gasteiger partial charge in [0, 0.05) is 0 Å². The Bertz CT molecular complexity index is 138. The third kappa shape index (κ3) is 4.37. The zero-order chi connectivity index (χ0) is 7.98. The molecular weight excluding hydrogens is 120 g/mol. The van der Waals surface area contributed by atoms with Gasteiger partial charge in [0.2, 0.25) is 0 Å². The standard InChI is InChI=1S/C10H17/c1-5-7-10(4)8-9(3)6-2/h7H,5-6H2,1-4H3/b9-8?,10-7-. The second-order valence-electron chi connectivity index (χ2n) is 2.55. The molecule has 0 unspecified atom stereocenters. The molecule has 10 heavy (non-hydrogen) atoms. The first-order valence-corrected chi connectivity index (χ1v) is 3.96. The molecular formula is C10H17. The minimum atomic E-state index is 1.11. The van der Waals surface area contributed by atoms with E-state index in [0.29, 0.717) is 0 Å². The Labute approximate surface area is 64.6 Å². The van der Waals surface area contributed by atoms with Gasteiger partial charge in [0.15, 0.2) is 0 Å². The van der Waals surface area contributed by atoms with E-state index < -0.39 is 0 Å². The number of hydrogen-bond donors (Lipinski definition) is 0. The van der Waals surface area contributed by atoms with Gasteiger partial charge >= 0.3 is 0 Å². The summed E-state index contributed by atoms with van der Waals surface area (Å²) in [4.78, 5) is 0. The minimum absolute atomic E-state index is 1.11. The van der Waals surface area contributed by atoms with Crippen LogP contribution in [-0.2, 0) is 0 Å². The summed E-state index contributed by atoms with van der Waals surface area (Å²) in [6, 6.07) is 0. The van der Waals surface area contributed by atoms with Gasteiger partial charge in [-0.05, 0) is 38.3 Å². The van der Waals surface area contributed by atoms with Gasteiger partial charge in [-0.25, -0.2) is 0 Å². The Morgan fingerprint density at radius 3 is 2.30 bits per heavy atom. The molecule has 0 bridgehead atoms. The van der Waals surface area contributed by atoms with Gasteiger partial charge in [-0.1, -0.05) is 25.5 Å². The highest BCUT2D eigenvalue weighted by Crippen LogP contribution is 2.03. The minimum Gasteiger partial charge on any atom is -0.0813 e. The summed E-state index contributed by atoms with van der Waals surface area (Å²) < 4.78 is 0. The molecule has 0 aliphatic carbocycles. The quantitative estimate of drug-likeness (QED) is 0.522. The van der Waals surface area contributed by atoms with Crippen LogP contribution in [0.15, 0.2) is 17.2 Å². The van der Waals surface area contributed by atoms with Gasteiger partial charge in [0.25, 0.3) is 0 Å². The fourth-order valence-electron chi connectivity index (χ4n) is 0.782. The lowest BCUT2D eigenvalue weighted by atomic mass is 10.1. The molecule has 0 spiro atoms. The molecule has 0 aliphatic rings. The molecule has 0 N–H and O–H groups in total. The predicted octanol–water partition coefficient (Wildman–Crippen LogP) is 3.50. The van der Waals surface area contributed by atoms with Gasteiger partial charge in [-0.3, -0.25) is 0 Å². The van der Waals surface area contributed by atoms with E-state index in [1.54, 1.807) is 0 Å². The molecule has 0 aromatic rings. The second-order valence-corrected chi connectivity index (χ2v) is 2.55. The number of hydrogen-bond acceptors (Lipinski definition) is 0. The predicted molar refractivity (Wildman–Crippen MR) is 46.8 cm³/mol. The highest BCUT2D eigenvalue weighted by molar-refractivity contribution is 5.13. The van der Waals surface area contributed by atoms with Crippen LogP contribution in [-0.4, -0.2) is 0 Å². The summed E-state index contributed by atoms with van der Waals surface area (Å²) in [5, 5.41) is 0. The molecule has 0 amide bonds. The average Bonchev–Trinajstić information content (AvgIpc) is 1.88. The van der Waals surface area contributed by atoms with Crippen LogP contribution in [0.5, 0.6) is 0 Å². The summed E-state index contributed by atoms with van der Waals surface area (Å²) in [6.07, 6.45) is 7.71. The van der Waals surface area contributed by atoms with Crippen LogP contribution in [0.3, 0.4) is 0 Å². The van der Waals surface area contributed by atoms with Crippen molar-refractivity contribution >= 4 is 0 Å². The van der Waals surface area contributed by atoms with E-state index in [1.165, 1.54) is 11.1 Å². The second kappa shape index (κ2) is 5.28. The van der Waals surface area contributed by atoms with Crippen molar-refractivity contribution in [1.82, 2.24) is 0 Å². The molecule has 57 valence electrons. The maximum Gasteiger partial charge on any atom is -0.0167 e. The molecule has 0 nitrogen and oxygen atoms in total. The van der Waals surface area contributed by atoms with E-state index in [1.807, 2.05) is 0 Å². The van der Waals surface area contributed by atoms with E-state index in [9.17, 15) is 0 Å². The normalized spacial score (nSPS) is 14.0. The average molecular weight is 137 g/mol. The third-order valence-corrected chi connectivity index (χ3v) is 1.45. The summed E-state index contributed by atoms with van der Waals surface area (Å²) in [7, 11) is 0. The SMILES string of the molecule is CC/C=C(C)\[C]=C(/C)CC. The van der Waals surface area contributed by atoms with E-state index in [2.05, 4.69) is 39.8 Å². The Morgan fingerprint density at radius 1 is 1.30 bits per heavy atom. The van der Waals surface area contributed by atoms with Gasteiger partial charge in [0.05, 0.1) is 0 Å². The first-order valence-electron chi connectivity index (χ1n) is 3.96. The van der Waals surface area contributed by atoms with Gasteiger partial charge in [-0.15, -0.1) is 0 Å². The van der Waals surface area contributed by atoms with Gasteiger partial charge < -0.3 is 0 Å². The topological polar surface area (TPSA) is 0 Å². The zero-order valence-electron chi connectivity index (χ0n) is 7.49. The van der Waals surface area contributed by atoms with E-state index in [0.717, 1.165) is 12.8 Å². The fraction of sp³-hybridized carbons (Fsp3) is 0.600. The van der Waals surface area contributed by atoms with Gasteiger partial charge in [0.1, 0.15) is 0 Å². The fourth-order valence-corrected chi connectivity index (χ4v) is 0.782. The number of rotatable bonds is 3. The first-order chi connectivity index (χ1) is 4.70.